The lowest BCUT2D eigenvalue weighted by Gasteiger charge is -2.12. The van der Waals surface area contributed by atoms with Gasteiger partial charge in [-0.2, -0.15) is 4.90 Å². The van der Waals surface area contributed by atoms with E-state index in [0.29, 0.717) is 0 Å². The number of carboxylic acid groups (broad SMARTS) is 2. The van der Waals surface area contributed by atoms with Gasteiger partial charge in [0.05, 0.1) is 4.92 Å². The summed E-state index contributed by atoms with van der Waals surface area (Å²) in [5.74, 6) is -0.873. The predicted octanol–water partition coefficient (Wildman–Crippen LogP) is 1.81. The van der Waals surface area contributed by atoms with Crippen molar-refractivity contribution in [2.45, 2.75) is 0 Å². The zero-order valence-electron chi connectivity index (χ0n) is 7.90. The molecule has 0 aliphatic heterocycles. The molecule has 0 fully saturated rings. The number of nitro groups is 1. The molecule has 0 saturated carbocycles. The third-order valence-corrected chi connectivity index (χ3v) is 1.94. The van der Waals surface area contributed by atoms with E-state index in [9.17, 15) is 19.7 Å². The number of hydrogen-bond donors (Lipinski definition) is 2. The quantitative estimate of drug-likeness (QED) is 0.612. The lowest BCUT2D eigenvalue weighted by atomic mass is 10.3. The maximum Gasteiger partial charge on any atom is 0.423 e. The number of anilines is 1. The molecule has 1 rings (SSSR count). The van der Waals surface area contributed by atoms with Gasteiger partial charge >= 0.3 is 17.9 Å². The molecule has 0 atom stereocenters. The van der Waals surface area contributed by atoms with Crippen molar-refractivity contribution < 1.29 is 24.7 Å². The molecule has 17 heavy (non-hydrogen) atoms. The van der Waals surface area contributed by atoms with Crippen LogP contribution < -0.4 is 4.90 Å². The second-order valence-corrected chi connectivity index (χ2v) is 3.03. The lowest BCUT2D eigenvalue weighted by molar-refractivity contribution is -0.384. The van der Waals surface area contributed by atoms with Crippen molar-refractivity contribution in [1.82, 2.24) is 4.98 Å². The van der Waals surface area contributed by atoms with Gasteiger partial charge in [-0.05, 0) is 6.07 Å². The molecule has 9 nitrogen and oxygen atoms in total. The van der Waals surface area contributed by atoms with E-state index in [1.54, 1.807) is 0 Å². The van der Waals surface area contributed by atoms with Gasteiger partial charge in [-0.1, -0.05) is 11.6 Å². The Kier molecular flexibility index (Phi) is 3.43. The summed E-state index contributed by atoms with van der Waals surface area (Å²) in [6.07, 6.45) is -2.88. The summed E-state index contributed by atoms with van der Waals surface area (Å²) in [6.45, 7) is 0. The molecule has 0 bridgehead atoms. The molecule has 1 aromatic heterocycles. The number of rotatable bonds is 2. The van der Waals surface area contributed by atoms with Crippen LogP contribution in [0.25, 0.3) is 0 Å². The Hall–Kier alpha value is -2.42. The highest BCUT2D eigenvalue weighted by atomic mass is 35.5. The van der Waals surface area contributed by atoms with Gasteiger partial charge in [0.2, 0.25) is 5.82 Å². The Bertz CT molecular complexity index is 490. The van der Waals surface area contributed by atoms with Gasteiger partial charge in [0.25, 0.3) is 0 Å². The van der Waals surface area contributed by atoms with Crippen molar-refractivity contribution in [2.24, 2.45) is 0 Å². The smallest absolute Gasteiger partial charge is 0.423 e. The highest BCUT2D eigenvalue weighted by Gasteiger charge is 2.33. The van der Waals surface area contributed by atoms with Crippen LogP contribution in [0.5, 0.6) is 0 Å². The van der Waals surface area contributed by atoms with Crippen LogP contribution in [-0.2, 0) is 0 Å². The number of imide groups is 1. The molecule has 2 N–H and O–H groups in total. The first-order valence-electron chi connectivity index (χ1n) is 3.91. The molecule has 1 heterocycles. The van der Waals surface area contributed by atoms with Crippen LogP contribution in [-0.4, -0.2) is 32.3 Å². The van der Waals surface area contributed by atoms with Gasteiger partial charge in [-0.3, -0.25) is 10.1 Å². The number of nitrogens with zero attached hydrogens (tertiary/aromatic N) is 3. The predicted molar refractivity (Wildman–Crippen MR) is 54.4 cm³/mol. The zero-order valence-corrected chi connectivity index (χ0v) is 8.66. The van der Waals surface area contributed by atoms with Gasteiger partial charge in [-0.15, -0.1) is 0 Å². The van der Waals surface area contributed by atoms with Gasteiger partial charge in [0.1, 0.15) is 5.02 Å². The first-order valence-corrected chi connectivity index (χ1v) is 4.29. The third kappa shape index (κ3) is 2.39. The normalized spacial score (nSPS) is 9.71. The lowest BCUT2D eigenvalue weighted by Crippen LogP contribution is -2.35. The molecule has 0 aromatic carbocycles. The third-order valence-electron chi connectivity index (χ3n) is 1.63. The molecule has 90 valence electrons. The highest BCUT2D eigenvalue weighted by molar-refractivity contribution is 6.33. The fourth-order valence-corrected chi connectivity index (χ4v) is 1.23. The summed E-state index contributed by atoms with van der Waals surface area (Å²) in [5.41, 5.74) is -0.890. The van der Waals surface area contributed by atoms with E-state index < -0.39 is 33.6 Å². The molecule has 0 aliphatic rings. The summed E-state index contributed by atoms with van der Waals surface area (Å²) in [6, 6.07) is 1.05. The average molecular weight is 262 g/mol. The minimum absolute atomic E-state index is 0.288. The van der Waals surface area contributed by atoms with Crippen molar-refractivity contribution in [3.63, 3.8) is 0 Å². The van der Waals surface area contributed by atoms with E-state index in [1.807, 2.05) is 0 Å². The minimum atomic E-state index is -1.92. The Morgan fingerprint density at radius 1 is 1.41 bits per heavy atom. The van der Waals surface area contributed by atoms with E-state index in [-0.39, 0.29) is 4.90 Å². The number of hydrogen-bond acceptors (Lipinski definition) is 5. The number of halogens is 1. The summed E-state index contributed by atoms with van der Waals surface area (Å²) in [4.78, 5) is 34.0. The first kappa shape index (κ1) is 12.6. The molecule has 1 aromatic rings. The molecule has 10 heteroatoms. The standard InChI is InChI=1S/C7H4ClN3O6/c8-3-1-2-9-5(4(3)11(16)17)10(6(12)13)7(14)15/h1-2H,(H,12,13)(H,14,15). The maximum absolute atomic E-state index is 10.7. The molecule has 0 radical (unpaired) electrons. The molecular formula is C7H4ClN3O6. The molecule has 0 aliphatic carbocycles. The summed E-state index contributed by atoms with van der Waals surface area (Å²) < 4.78 is 0. The highest BCUT2D eigenvalue weighted by Crippen LogP contribution is 2.32. The van der Waals surface area contributed by atoms with Crippen LogP contribution in [0, 0.1) is 10.1 Å². The topological polar surface area (TPSA) is 134 Å². The molecule has 0 spiro atoms. The second kappa shape index (κ2) is 4.61. The zero-order chi connectivity index (χ0) is 13.2. The average Bonchev–Trinajstić information content (AvgIpc) is 2.15. The largest absolute Gasteiger partial charge is 0.464 e. The van der Waals surface area contributed by atoms with Crippen molar-refractivity contribution in [2.75, 3.05) is 4.90 Å². The van der Waals surface area contributed by atoms with Gasteiger partial charge in [0.15, 0.2) is 0 Å². The first-order chi connectivity index (χ1) is 7.86. The Labute approximate surface area is 98.0 Å². The van der Waals surface area contributed by atoms with E-state index in [1.165, 1.54) is 0 Å². The molecule has 0 saturated heterocycles. The fraction of sp³-hybridized carbons (Fsp3) is 0. The van der Waals surface area contributed by atoms with E-state index in [4.69, 9.17) is 21.8 Å². The van der Waals surface area contributed by atoms with Crippen molar-refractivity contribution in [1.29, 1.82) is 0 Å². The van der Waals surface area contributed by atoms with Crippen molar-refractivity contribution in [3.05, 3.63) is 27.4 Å². The number of carbonyl (C=O) groups is 2. The Morgan fingerprint density at radius 2 is 1.94 bits per heavy atom. The van der Waals surface area contributed by atoms with Crippen LogP contribution in [0.4, 0.5) is 21.1 Å². The van der Waals surface area contributed by atoms with Gasteiger partial charge in [0, 0.05) is 6.20 Å². The number of amides is 2. The number of aromatic nitrogens is 1. The Balaban J connectivity index is 3.48. The maximum atomic E-state index is 10.7. The van der Waals surface area contributed by atoms with E-state index >= 15 is 0 Å². The van der Waals surface area contributed by atoms with Gasteiger partial charge < -0.3 is 10.2 Å². The van der Waals surface area contributed by atoms with E-state index in [0.717, 1.165) is 12.3 Å². The molecule has 2 amide bonds. The Morgan fingerprint density at radius 3 is 2.35 bits per heavy atom. The molecule has 0 unspecified atom stereocenters. The fourth-order valence-electron chi connectivity index (χ4n) is 1.02. The van der Waals surface area contributed by atoms with Crippen LogP contribution in [0.15, 0.2) is 12.3 Å². The van der Waals surface area contributed by atoms with Crippen LogP contribution in [0.1, 0.15) is 0 Å². The van der Waals surface area contributed by atoms with Crippen LogP contribution >= 0.6 is 11.6 Å². The van der Waals surface area contributed by atoms with E-state index in [2.05, 4.69) is 4.98 Å². The minimum Gasteiger partial charge on any atom is -0.464 e. The van der Waals surface area contributed by atoms with Crippen molar-refractivity contribution in [3.8, 4) is 0 Å². The summed E-state index contributed by atoms with van der Waals surface area (Å²) in [7, 11) is 0. The van der Waals surface area contributed by atoms with Crippen LogP contribution in [0.2, 0.25) is 5.02 Å². The van der Waals surface area contributed by atoms with Crippen molar-refractivity contribution >= 4 is 35.3 Å². The number of pyridine rings is 1. The SMILES string of the molecule is O=C(O)N(C(=O)O)c1nccc(Cl)c1[N+](=O)[O-]. The molecular weight excluding hydrogens is 258 g/mol. The summed E-state index contributed by atoms with van der Waals surface area (Å²) in [5, 5.41) is 27.5. The monoisotopic (exact) mass is 261 g/mol. The summed E-state index contributed by atoms with van der Waals surface area (Å²) >= 11 is 5.48. The van der Waals surface area contributed by atoms with Gasteiger partial charge in [-0.25, -0.2) is 14.6 Å². The second-order valence-electron chi connectivity index (χ2n) is 2.62. The van der Waals surface area contributed by atoms with Crippen LogP contribution in [0.3, 0.4) is 0 Å².